The van der Waals surface area contributed by atoms with Gasteiger partial charge >= 0.3 is 0 Å². The summed E-state index contributed by atoms with van der Waals surface area (Å²) in [4.78, 5) is 12.7. The molecule has 0 amide bonds. The summed E-state index contributed by atoms with van der Waals surface area (Å²) in [6.45, 7) is 0. The molecule has 2 aliphatic carbocycles. The summed E-state index contributed by atoms with van der Waals surface area (Å²) < 4.78 is 11.0. The molecule has 0 aliphatic heterocycles. The number of hydrogen-bond acceptors (Lipinski definition) is 3. The van der Waals surface area contributed by atoms with Crippen LogP contribution in [0.25, 0.3) is 0 Å². The van der Waals surface area contributed by atoms with Crippen molar-refractivity contribution < 1.29 is 14.3 Å². The molecule has 4 atom stereocenters. The van der Waals surface area contributed by atoms with Crippen LogP contribution in [0.15, 0.2) is 0 Å². The van der Waals surface area contributed by atoms with Gasteiger partial charge in [-0.3, -0.25) is 4.79 Å². The first kappa shape index (κ1) is 14.0. The predicted molar refractivity (Wildman–Crippen MR) is 70.5 cm³/mol. The fourth-order valence-corrected chi connectivity index (χ4v) is 3.68. The summed E-state index contributed by atoms with van der Waals surface area (Å²) in [5.41, 5.74) is 0. The van der Waals surface area contributed by atoms with Crippen LogP contribution in [0, 0.1) is 11.8 Å². The van der Waals surface area contributed by atoms with Crippen molar-refractivity contribution in [2.24, 2.45) is 11.8 Å². The summed E-state index contributed by atoms with van der Waals surface area (Å²) in [7, 11) is 3.48. The van der Waals surface area contributed by atoms with Gasteiger partial charge in [0.25, 0.3) is 0 Å². The van der Waals surface area contributed by atoms with Crippen LogP contribution in [0.2, 0.25) is 0 Å². The average molecular weight is 254 g/mol. The van der Waals surface area contributed by atoms with E-state index in [0.29, 0.717) is 5.78 Å². The molecular formula is C15H26O3. The topological polar surface area (TPSA) is 35.5 Å². The highest BCUT2D eigenvalue weighted by atomic mass is 16.5. The maximum Gasteiger partial charge on any atom is 0.144 e. The Balaban J connectivity index is 2.03. The zero-order chi connectivity index (χ0) is 13.0. The molecule has 0 aromatic rings. The third-order valence-electron chi connectivity index (χ3n) is 4.74. The van der Waals surface area contributed by atoms with Gasteiger partial charge in [0.1, 0.15) is 5.78 Å². The second kappa shape index (κ2) is 6.67. The van der Waals surface area contributed by atoms with Gasteiger partial charge in [-0.25, -0.2) is 0 Å². The molecule has 0 bridgehead atoms. The van der Waals surface area contributed by atoms with E-state index in [1.54, 1.807) is 14.2 Å². The van der Waals surface area contributed by atoms with E-state index in [1.165, 1.54) is 25.7 Å². The normalized spacial score (nSPS) is 37.4. The van der Waals surface area contributed by atoms with E-state index in [4.69, 9.17) is 9.47 Å². The number of hydrogen-bond donors (Lipinski definition) is 0. The van der Waals surface area contributed by atoms with Crippen molar-refractivity contribution >= 4 is 5.78 Å². The van der Waals surface area contributed by atoms with Gasteiger partial charge in [-0.15, -0.1) is 0 Å². The van der Waals surface area contributed by atoms with E-state index in [1.807, 2.05) is 0 Å². The van der Waals surface area contributed by atoms with Crippen LogP contribution >= 0.6 is 0 Å². The first-order valence-electron chi connectivity index (χ1n) is 7.37. The van der Waals surface area contributed by atoms with Gasteiger partial charge in [0.2, 0.25) is 0 Å². The monoisotopic (exact) mass is 254 g/mol. The standard InChI is InChI=1S/C15H26O3/c1-17-13-9-5-3-7-11(13)15(16)12-8-4-6-10-14(12)18-2/h11-14H,3-10H2,1-2H3/t11-,12-,13?,14?/m0/s1. The highest BCUT2D eigenvalue weighted by molar-refractivity contribution is 5.84. The summed E-state index contributed by atoms with van der Waals surface area (Å²) in [5.74, 6) is 0.641. The Kier molecular flexibility index (Phi) is 5.19. The number of rotatable bonds is 4. The Morgan fingerprint density at radius 3 is 1.56 bits per heavy atom. The van der Waals surface area contributed by atoms with Gasteiger partial charge in [-0.1, -0.05) is 25.7 Å². The molecule has 0 aromatic heterocycles. The van der Waals surface area contributed by atoms with E-state index in [9.17, 15) is 4.79 Å². The molecule has 0 N–H and O–H groups in total. The van der Waals surface area contributed by atoms with Gasteiger partial charge in [-0.05, 0) is 25.7 Å². The third-order valence-corrected chi connectivity index (χ3v) is 4.74. The van der Waals surface area contributed by atoms with Crippen molar-refractivity contribution in [3.63, 3.8) is 0 Å². The Bertz CT molecular complexity index is 251. The molecule has 2 aliphatic rings. The number of ketones is 1. The molecule has 2 unspecified atom stereocenters. The van der Waals surface area contributed by atoms with Crippen molar-refractivity contribution in [3.8, 4) is 0 Å². The Morgan fingerprint density at radius 1 is 0.778 bits per heavy atom. The predicted octanol–water partition coefficient (Wildman–Crippen LogP) is 2.97. The summed E-state index contributed by atoms with van der Waals surface area (Å²) in [5, 5.41) is 0. The minimum absolute atomic E-state index is 0.115. The SMILES string of the molecule is COC1CCCC[C@@H]1C(=O)[C@H]1CCCCC1OC. The number of carbonyl (C=O) groups excluding carboxylic acids is 1. The number of Topliss-reactive ketones (excluding diaryl/α,β-unsaturated/α-hetero) is 1. The van der Waals surface area contributed by atoms with Crippen molar-refractivity contribution in [1.29, 1.82) is 0 Å². The van der Waals surface area contributed by atoms with E-state index in [-0.39, 0.29) is 24.0 Å². The van der Waals surface area contributed by atoms with Gasteiger partial charge in [0.15, 0.2) is 0 Å². The summed E-state index contributed by atoms with van der Waals surface area (Å²) in [6, 6.07) is 0. The Hall–Kier alpha value is -0.410. The number of carbonyl (C=O) groups is 1. The molecule has 18 heavy (non-hydrogen) atoms. The van der Waals surface area contributed by atoms with Gasteiger partial charge in [-0.2, -0.15) is 0 Å². The van der Waals surface area contributed by atoms with Gasteiger partial charge in [0, 0.05) is 26.1 Å². The van der Waals surface area contributed by atoms with E-state index in [0.717, 1.165) is 25.7 Å². The molecule has 3 heteroatoms. The van der Waals surface area contributed by atoms with Crippen LogP contribution in [0.4, 0.5) is 0 Å². The van der Waals surface area contributed by atoms with Crippen molar-refractivity contribution in [1.82, 2.24) is 0 Å². The lowest BCUT2D eigenvalue weighted by Gasteiger charge is -2.36. The molecule has 0 saturated heterocycles. The number of methoxy groups -OCH3 is 2. The molecule has 0 spiro atoms. The summed E-state index contributed by atoms with van der Waals surface area (Å²) >= 11 is 0. The van der Waals surface area contributed by atoms with Crippen molar-refractivity contribution in [2.45, 2.75) is 63.6 Å². The minimum atomic E-state index is 0.115. The first-order chi connectivity index (χ1) is 8.77. The van der Waals surface area contributed by atoms with E-state index >= 15 is 0 Å². The van der Waals surface area contributed by atoms with E-state index in [2.05, 4.69) is 0 Å². The fourth-order valence-electron chi connectivity index (χ4n) is 3.68. The molecule has 104 valence electrons. The zero-order valence-corrected chi connectivity index (χ0v) is 11.7. The first-order valence-corrected chi connectivity index (χ1v) is 7.37. The third kappa shape index (κ3) is 2.94. The lowest BCUT2D eigenvalue weighted by molar-refractivity contribution is -0.139. The molecule has 3 nitrogen and oxygen atoms in total. The molecular weight excluding hydrogens is 228 g/mol. The molecule has 2 fully saturated rings. The molecule has 0 aromatic carbocycles. The summed E-state index contributed by atoms with van der Waals surface area (Å²) in [6.07, 6.45) is 9.10. The van der Waals surface area contributed by atoms with Crippen LogP contribution in [-0.4, -0.2) is 32.2 Å². The van der Waals surface area contributed by atoms with Gasteiger partial charge < -0.3 is 9.47 Å². The largest absolute Gasteiger partial charge is 0.381 e. The molecule has 2 saturated carbocycles. The average Bonchev–Trinajstić information content (AvgIpc) is 2.46. The lowest BCUT2D eigenvalue weighted by atomic mass is 9.74. The van der Waals surface area contributed by atoms with Crippen LogP contribution in [0.3, 0.4) is 0 Å². The number of ether oxygens (including phenoxy) is 2. The quantitative estimate of drug-likeness (QED) is 0.773. The van der Waals surface area contributed by atoms with Crippen LogP contribution < -0.4 is 0 Å². The Morgan fingerprint density at radius 2 is 1.17 bits per heavy atom. The maximum absolute atomic E-state index is 12.7. The van der Waals surface area contributed by atoms with Gasteiger partial charge in [0.05, 0.1) is 12.2 Å². The van der Waals surface area contributed by atoms with Crippen molar-refractivity contribution in [2.75, 3.05) is 14.2 Å². The van der Waals surface area contributed by atoms with E-state index < -0.39 is 0 Å². The van der Waals surface area contributed by atoms with Crippen LogP contribution in [0.1, 0.15) is 51.4 Å². The highest BCUT2D eigenvalue weighted by Gasteiger charge is 2.39. The highest BCUT2D eigenvalue weighted by Crippen LogP contribution is 2.35. The smallest absolute Gasteiger partial charge is 0.144 e. The fraction of sp³-hybridized carbons (Fsp3) is 0.933. The Labute approximate surface area is 110 Å². The molecule has 0 radical (unpaired) electrons. The van der Waals surface area contributed by atoms with Crippen LogP contribution in [0.5, 0.6) is 0 Å². The lowest BCUT2D eigenvalue weighted by Crippen LogP contribution is -2.42. The second-order valence-corrected chi connectivity index (χ2v) is 5.73. The molecule has 2 rings (SSSR count). The zero-order valence-electron chi connectivity index (χ0n) is 11.7. The maximum atomic E-state index is 12.7. The second-order valence-electron chi connectivity index (χ2n) is 5.73. The molecule has 0 heterocycles. The minimum Gasteiger partial charge on any atom is -0.381 e. The van der Waals surface area contributed by atoms with Crippen LogP contribution in [-0.2, 0) is 14.3 Å². The van der Waals surface area contributed by atoms with Crippen molar-refractivity contribution in [3.05, 3.63) is 0 Å².